The summed E-state index contributed by atoms with van der Waals surface area (Å²) in [7, 11) is -0.989. The second-order valence-corrected chi connectivity index (χ2v) is 6.55. The Morgan fingerprint density at radius 1 is 1.28 bits per heavy atom. The first-order chi connectivity index (χ1) is 8.49. The van der Waals surface area contributed by atoms with Crippen molar-refractivity contribution in [2.24, 2.45) is 5.92 Å². The van der Waals surface area contributed by atoms with Gasteiger partial charge in [0.05, 0.1) is 10.8 Å². The van der Waals surface area contributed by atoms with Gasteiger partial charge in [0.15, 0.2) is 0 Å². The first-order valence-corrected chi connectivity index (χ1v) is 7.52. The molecule has 0 aliphatic carbocycles. The number of rotatable bonds is 5. The van der Waals surface area contributed by atoms with Crippen LogP contribution in [0.3, 0.4) is 0 Å². The quantitative estimate of drug-likeness (QED) is 0.717. The average molecular weight is 262 g/mol. The van der Waals surface area contributed by atoms with Crippen LogP contribution in [-0.2, 0) is 10.8 Å². The molecule has 0 aliphatic heterocycles. The molecule has 0 bridgehead atoms. The summed E-state index contributed by atoms with van der Waals surface area (Å²) in [5.41, 5.74) is 1.90. The Morgan fingerprint density at radius 3 is 2.44 bits per heavy atom. The van der Waals surface area contributed by atoms with Crippen molar-refractivity contribution < 1.29 is 4.21 Å². The van der Waals surface area contributed by atoms with Gasteiger partial charge in [-0.25, -0.2) is 0 Å². The first-order valence-electron chi connectivity index (χ1n) is 6.30. The maximum Gasteiger partial charge on any atom is 0.0566 e. The van der Waals surface area contributed by atoms with Crippen molar-refractivity contribution >= 4 is 16.4 Å². The summed E-state index contributed by atoms with van der Waals surface area (Å²) < 4.78 is 12.6. The number of hydrogen-bond donors (Lipinski definition) is 0. The first kappa shape index (κ1) is 14.9. The fraction of sp³-hybridized carbons (Fsp3) is 0.375. The van der Waals surface area contributed by atoms with Gasteiger partial charge in [0, 0.05) is 10.1 Å². The zero-order valence-corrected chi connectivity index (χ0v) is 12.5. The highest BCUT2D eigenvalue weighted by Crippen LogP contribution is 2.25. The van der Waals surface area contributed by atoms with Crippen LogP contribution in [0.2, 0.25) is 0 Å². The van der Waals surface area contributed by atoms with Gasteiger partial charge in [0.2, 0.25) is 0 Å². The molecule has 1 rings (SSSR count). The standard InChI is InChI=1S/C16H22OS/c1-6-9-13(4)15-10-7-8-11-16(15)18(17)14(5)12(2)3/h6-12,14H,4H2,1-3,5H3/b9-6-/t14-,18+/m0/s1. The normalized spacial score (nSPS) is 14.9. The lowest BCUT2D eigenvalue weighted by atomic mass is 10.1. The highest BCUT2D eigenvalue weighted by molar-refractivity contribution is 7.85. The summed E-state index contributed by atoms with van der Waals surface area (Å²) in [4.78, 5) is 0.891. The predicted molar refractivity (Wildman–Crippen MR) is 81.0 cm³/mol. The van der Waals surface area contributed by atoms with Gasteiger partial charge in [-0.2, -0.15) is 0 Å². The summed E-state index contributed by atoms with van der Waals surface area (Å²) >= 11 is 0. The summed E-state index contributed by atoms with van der Waals surface area (Å²) in [6.45, 7) is 12.2. The summed E-state index contributed by atoms with van der Waals surface area (Å²) in [5, 5.41) is 0.143. The highest BCUT2D eigenvalue weighted by atomic mass is 32.2. The van der Waals surface area contributed by atoms with Crippen LogP contribution >= 0.6 is 0 Å². The van der Waals surface area contributed by atoms with Gasteiger partial charge in [-0.15, -0.1) is 0 Å². The molecule has 0 saturated heterocycles. The maximum absolute atomic E-state index is 12.6. The van der Waals surface area contributed by atoms with Crippen LogP contribution in [0.25, 0.3) is 5.57 Å². The van der Waals surface area contributed by atoms with Crippen LogP contribution in [-0.4, -0.2) is 9.46 Å². The van der Waals surface area contributed by atoms with Crippen molar-refractivity contribution in [2.75, 3.05) is 0 Å². The monoisotopic (exact) mass is 262 g/mol. The van der Waals surface area contributed by atoms with Crippen molar-refractivity contribution in [2.45, 2.75) is 37.8 Å². The maximum atomic E-state index is 12.6. The Labute approximate surface area is 113 Å². The van der Waals surface area contributed by atoms with Gasteiger partial charge in [0.25, 0.3) is 0 Å². The van der Waals surface area contributed by atoms with Crippen LogP contribution in [0.1, 0.15) is 33.3 Å². The second-order valence-electron chi connectivity index (χ2n) is 4.77. The average Bonchev–Trinajstić information content (AvgIpc) is 2.37. The topological polar surface area (TPSA) is 17.1 Å². The van der Waals surface area contributed by atoms with E-state index in [1.54, 1.807) is 0 Å². The molecule has 0 amide bonds. The van der Waals surface area contributed by atoms with Gasteiger partial charge in [-0.3, -0.25) is 4.21 Å². The summed E-state index contributed by atoms with van der Waals surface area (Å²) in [6.07, 6.45) is 3.91. The minimum Gasteiger partial charge on any atom is -0.254 e. The Hall–Kier alpha value is -1.15. The summed E-state index contributed by atoms with van der Waals surface area (Å²) in [6, 6.07) is 7.83. The number of allylic oxidation sites excluding steroid dienone is 3. The Kier molecular flexibility index (Phi) is 5.54. The van der Waals surface area contributed by atoms with Crippen molar-refractivity contribution in [1.82, 2.24) is 0 Å². The number of hydrogen-bond acceptors (Lipinski definition) is 1. The Morgan fingerprint density at radius 2 is 1.89 bits per heavy atom. The largest absolute Gasteiger partial charge is 0.254 e. The zero-order chi connectivity index (χ0) is 13.7. The van der Waals surface area contributed by atoms with E-state index in [4.69, 9.17) is 0 Å². The van der Waals surface area contributed by atoms with Crippen LogP contribution in [0.5, 0.6) is 0 Å². The Bertz CT molecular complexity index is 472. The van der Waals surface area contributed by atoms with Gasteiger partial charge >= 0.3 is 0 Å². The molecule has 0 heterocycles. The third-order valence-corrected chi connectivity index (χ3v) is 5.10. The molecule has 0 aromatic heterocycles. The molecule has 0 spiro atoms. The van der Waals surface area contributed by atoms with Gasteiger partial charge in [-0.05, 0) is 30.0 Å². The lowest BCUT2D eigenvalue weighted by Crippen LogP contribution is -2.18. The third-order valence-electron chi connectivity index (χ3n) is 3.09. The third kappa shape index (κ3) is 3.42. The van der Waals surface area contributed by atoms with E-state index in [-0.39, 0.29) is 5.25 Å². The minimum absolute atomic E-state index is 0.143. The molecule has 18 heavy (non-hydrogen) atoms. The minimum atomic E-state index is -0.989. The van der Waals surface area contributed by atoms with E-state index in [9.17, 15) is 4.21 Å². The molecule has 0 radical (unpaired) electrons. The molecular weight excluding hydrogens is 240 g/mol. The number of benzene rings is 1. The molecule has 2 heteroatoms. The fourth-order valence-corrected chi connectivity index (χ4v) is 3.17. The molecule has 0 saturated carbocycles. The van der Waals surface area contributed by atoms with Crippen molar-refractivity contribution in [1.29, 1.82) is 0 Å². The molecule has 98 valence electrons. The Balaban J connectivity index is 3.17. The van der Waals surface area contributed by atoms with Gasteiger partial charge < -0.3 is 0 Å². The van der Waals surface area contributed by atoms with Gasteiger partial charge in [-0.1, -0.05) is 57.7 Å². The summed E-state index contributed by atoms with van der Waals surface area (Å²) in [5.74, 6) is 0.397. The van der Waals surface area contributed by atoms with Crippen molar-refractivity contribution in [3.8, 4) is 0 Å². The lowest BCUT2D eigenvalue weighted by molar-refractivity contribution is 0.605. The SMILES string of the molecule is C=C(/C=C\C)c1ccccc1[S@](=O)[C@@H](C)C(C)C. The lowest BCUT2D eigenvalue weighted by Gasteiger charge is -2.17. The van der Waals surface area contributed by atoms with E-state index >= 15 is 0 Å². The highest BCUT2D eigenvalue weighted by Gasteiger charge is 2.19. The van der Waals surface area contributed by atoms with E-state index in [0.717, 1.165) is 16.0 Å². The molecule has 0 fully saturated rings. The van der Waals surface area contributed by atoms with E-state index in [1.807, 2.05) is 50.3 Å². The van der Waals surface area contributed by atoms with Crippen LogP contribution in [0.4, 0.5) is 0 Å². The van der Waals surface area contributed by atoms with Crippen LogP contribution < -0.4 is 0 Å². The van der Waals surface area contributed by atoms with Crippen molar-refractivity contribution in [3.05, 3.63) is 48.6 Å². The molecule has 0 unspecified atom stereocenters. The molecule has 1 nitrogen and oxygen atoms in total. The molecule has 1 aromatic rings. The van der Waals surface area contributed by atoms with E-state index < -0.39 is 10.8 Å². The fourth-order valence-electron chi connectivity index (χ4n) is 1.65. The molecule has 0 aliphatic rings. The van der Waals surface area contributed by atoms with Gasteiger partial charge in [0.1, 0.15) is 0 Å². The molecule has 2 atom stereocenters. The molecule has 0 N–H and O–H groups in total. The molecular formula is C16H22OS. The van der Waals surface area contributed by atoms with Crippen molar-refractivity contribution in [3.63, 3.8) is 0 Å². The van der Waals surface area contributed by atoms with E-state index in [2.05, 4.69) is 20.4 Å². The van der Waals surface area contributed by atoms with E-state index in [0.29, 0.717) is 5.92 Å². The second kappa shape index (κ2) is 6.69. The smallest absolute Gasteiger partial charge is 0.0566 e. The van der Waals surface area contributed by atoms with Crippen LogP contribution in [0, 0.1) is 5.92 Å². The van der Waals surface area contributed by atoms with E-state index in [1.165, 1.54) is 0 Å². The zero-order valence-electron chi connectivity index (χ0n) is 11.6. The predicted octanol–water partition coefficient (Wildman–Crippen LogP) is 4.43. The van der Waals surface area contributed by atoms with Crippen LogP contribution in [0.15, 0.2) is 47.9 Å². The molecule has 1 aromatic carbocycles.